The van der Waals surface area contributed by atoms with Crippen LogP contribution in [-0.4, -0.2) is 29.3 Å². The lowest BCUT2D eigenvalue weighted by atomic mass is 9.85. The first-order valence-electron chi connectivity index (χ1n) is 9.01. The van der Waals surface area contributed by atoms with E-state index in [0.717, 1.165) is 29.5 Å². The molecule has 0 radical (unpaired) electrons. The van der Waals surface area contributed by atoms with Gasteiger partial charge in [-0.05, 0) is 48.2 Å². The largest absolute Gasteiger partial charge is 0.508 e. The molecular formula is C21H19BFNO4. The minimum Gasteiger partial charge on any atom is -0.497 e. The summed E-state index contributed by atoms with van der Waals surface area (Å²) in [7, 11) is -0.0838. The number of aryl methyl sites for hydroxylation is 1. The van der Waals surface area contributed by atoms with Crippen LogP contribution in [0.2, 0.25) is 0 Å². The zero-order valence-electron chi connectivity index (χ0n) is 15.3. The van der Waals surface area contributed by atoms with Crippen LogP contribution in [0.3, 0.4) is 0 Å². The number of methoxy groups -OCH3 is 1. The molecule has 0 amide bonds. The Morgan fingerprint density at radius 1 is 1.11 bits per heavy atom. The number of benzene rings is 2. The van der Waals surface area contributed by atoms with Crippen molar-refractivity contribution in [1.82, 2.24) is 4.98 Å². The molecule has 28 heavy (non-hydrogen) atoms. The molecule has 0 bridgehead atoms. The van der Waals surface area contributed by atoms with Gasteiger partial charge in [0.1, 0.15) is 17.7 Å². The van der Waals surface area contributed by atoms with E-state index in [0.29, 0.717) is 17.2 Å². The fraction of sp³-hybridized carbons (Fsp3) is 0.190. The molecule has 0 saturated carbocycles. The first-order chi connectivity index (χ1) is 13.5. The van der Waals surface area contributed by atoms with Gasteiger partial charge in [0.2, 0.25) is 5.88 Å². The second-order valence-corrected chi connectivity index (χ2v) is 6.69. The van der Waals surface area contributed by atoms with Crippen molar-refractivity contribution in [3.05, 3.63) is 71.5 Å². The molecule has 2 N–H and O–H groups in total. The Balaban J connectivity index is 1.57. The lowest BCUT2D eigenvalue weighted by molar-refractivity contribution is 0.168. The summed E-state index contributed by atoms with van der Waals surface area (Å²) in [6.07, 6.45) is 1.36. The van der Waals surface area contributed by atoms with Crippen molar-refractivity contribution >= 4 is 12.7 Å². The zero-order chi connectivity index (χ0) is 19.7. The molecule has 2 heterocycles. The molecule has 1 aliphatic heterocycles. The average molecular weight is 379 g/mol. The Labute approximate surface area is 162 Å². The van der Waals surface area contributed by atoms with Crippen molar-refractivity contribution in [3.63, 3.8) is 0 Å². The molecule has 3 aromatic rings. The highest BCUT2D eigenvalue weighted by Gasteiger charge is 2.24. The number of hydrogen-bond acceptors (Lipinski definition) is 5. The standard InChI is InChI=1S/C21H19BFNO4/c1-27-16-8-9-18(23)17(12-16)13-2-4-14(5-3-13)19-10-6-15-7-11-20(22(25)26)24-21(15)28-19/h2-5,7-9,11-12,19,25-26H,6,10H2,1H3. The van der Waals surface area contributed by atoms with Gasteiger partial charge in [0.25, 0.3) is 0 Å². The summed E-state index contributed by atoms with van der Waals surface area (Å²) >= 11 is 0. The monoisotopic (exact) mass is 379 g/mol. The van der Waals surface area contributed by atoms with Crippen LogP contribution >= 0.6 is 0 Å². The summed E-state index contributed by atoms with van der Waals surface area (Å²) in [6, 6.07) is 15.6. The maximum atomic E-state index is 14.2. The summed E-state index contributed by atoms with van der Waals surface area (Å²) in [5, 5.41) is 18.6. The second-order valence-electron chi connectivity index (χ2n) is 6.69. The number of hydrogen-bond donors (Lipinski definition) is 2. The van der Waals surface area contributed by atoms with Gasteiger partial charge < -0.3 is 19.5 Å². The molecular weight excluding hydrogens is 360 g/mol. The van der Waals surface area contributed by atoms with Crippen molar-refractivity contribution in [2.24, 2.45) is 0 Å². The summed E-state index contributed by atoms with van der Waals surface area (Å²) in [4.78, 5) is 4.20. The SMILES string of the molecule is COc1ccc(F)c(-c2ccc(C3CCc4ccc(B(O)O)nc4O3)cc2)c1. The molecule has 5 nitrogen and oxygen atoms in total. The molecule has 0 spiro atoms. The van der Waals surface area contributed by atoms with Gasteiger partial charge in [0.05, 0.1) is 12.7 Å². The maximum Gasteiger partial charge on any atom is 0.508 e. The van der Waals surface area contributed by atoms with Crippen LogP contribution in [0.15, 0.2) is 54.6 Å². The lowest BCUT2D eigenvalue weighted by Gasteiger charge is -2.26. The minimum atomic E-state index is -1.63. The number of pyridine rings is 1. The highest BCUT2D eigenvalue weighted by Crippen LogP contribution is 2.34. The van der Waals surface area contributed by atoms with Gasteiger partial charge in [0.15, 0.2) is 0 Å². The first kappa shape index (κ1) is 18.5. The molecule has 1 aromatic heterocycles. The van der Waals surface area contributed by atoms with Crippen LogP contribution in [0.1, 0.15) is 23.7 Å². The fourth-order valence-electron chi connectivity index (χ4n) is 3.36. The molecule has 0 aliphatic carbocycles. The van der Waals surface area contributed by atoms with Gasteiger partial charge in [-0.1, -0.05) is 30.3 Å². The number of nitrogens with zero attached hydrogens (tertiary/aromatic N) is 1. The van der Waals surface area contributed by atoms with Crippen LogP contribution in [0.25, 0.3) is 11.1 Å². The zero-order valence-corrected chi connectivity index (χ0v) is 15.3. The summed E-state index contributed by atoms with van der Waals surface area (Å²) in [5.41, 5.74) is 3.28. The third-order valence-electron chi connectivity index (χ3n) is 4.92. The minimum absolute atomic E-state index is 0.156. The molecule has 1 aliphatic rings. The predicted octanol–water partition coefficient (Wildman–Crippen LogP) is 2.64. The van der Waals surface area contributed by atoms with Crippen molar-refractivity contribution in [2.45, 2.75) is 18.9 Å². The third-order valence-corrected chi connectivity index (χ3v) is 4.92. The molecule has 7 heteroatoms. The Morgan fingerprint density at radius 2 is 1.89 bits per heavy atom. The lowest BCUT2D eigenvalue weighted by Crippen LogP contribution is -2.33. The fourth-order valence-corrected chi connectivity index (χ4v) is 3.36. The molecule has 1 atom stereocenters. The smallest absolute Gasteiger partial charge is 0.497 e. The van der Waals surface area contributed by atoms with E-state index >= 15 is 0 Å². The van der Waals surface area contributed by atoms with Crippen LogP contribution in [-0.2, 0) is 6.42 Å². The van der Waals surface area contributed by atoms with Gasteiger partial charge in [-0.25, -0.2) is 9.37 Å². The quantitative estimate of drug-likeness (QED) is 0.682. The van der Waals surface area contributed by atoms with E-state index in [1.807, 2.05) is 30.3 Å². The van der Waals surface area contributed by atoms with E-state index in [2.05, 4.69) is 4.98 Å². The highest BCUT2D eigenvalue weighted by molar-refractivity contribution is 6.57. The van der Waals surface area contributed by atoms with Gasteiger partial charge >= 0.3 is 7.12 Å². The highest BCUT2D eigenvalue weighted by atomic mass is 19.1. The van der Waals surface area contributed by atoms with Gasteiger partial charge in [-0.3, -0.25) is 0 Å². The number of fused-ring (bicyclic) bond motifs is 1. The van der Waals surface area contributed by atoms with E-state index in [-0.39, 0.29) is 17.5 Å². The summed E-state index contributed by atoms with van der Waals surface area (Å²) < 4.78 is 25.4. The first-order valence-corrected chi connectivity index (χ1v) is 9.01. The van der Waals surface area contributed by atoms with Crippen LogP contribution in [0.5, 0.6) is 11.6 Å². The molecule has 0 saturated heterocycles. The van der Waals surface area contributed by atoms with Gasteiger partial charge in [-0.15, -0.1) is 0 Å². The summed E-state index contributed by atoms with van der Waals surface area (Å²) in [5.74, 6) is 0.709. The number of halogens is 1. The van der Waals surface area contributed by atoms with Crippen LogP contribution in [0, 0.1) is 5.82 Å². The van der Waals surface area contributed by atoms with E-state index in [4.69, 9.17) is 9.47 Å². The Kier molecular flexibility index (Phi) is 5.02. The van der Waals surface area contributed by atoms with E-state index in [9.17, 15) is 14.4 Å². The number of ether oxygens (including phenoxy) is 2. The van der Waals surface area contributed by atoms with Crippen molar-refractivity contribution in [1.29, 1.82) is 0 Å². The van der Waals surface area contributed by atoms with E-state index in [1.54, 1.807) is 25.3 Å². The van der Waals surface area contributed by atoms with Crippen molar-refractivity contribution < 1.29 is 23.9 Å². The van der Waals surface area contributed by atoms with Crippen LogP contribution < -0.4 is 15.1 Å². The Hall–Kier alpha value is -2.90. The van der Waals surface area contributed by atoms with E-state index in [1.165, 1.54) is 6.07 Å². The molecule has 142 valence electrons. The van der Waals surface area contributed by atoms with Crippen molar-refractivity contribution in [3.8, 4) is 22.8 Å². The van der Waals surface area contributed by atoms with Gasteiger partial charge in [0, 0.05) is 11.1 Å². The summed E-state index contributed by atoms with van der Waals surface area (Å²) in [6.45, 7) is 0. The van der Waals surface area contributed by atoms with Crippen molar-refractivity contribution in [2.75, 3.05) is 7.11 Å². The third kappa shape index (κ3) is 3.59. The van der Waals surface area contributed by atoms with E-state index < -0.39 is 7.12 Å². The predicted molar refractivity (Wildman–Crippen MR) is 104 cm³/mol. The number of rotatable bonds is 4. The van der Waals surface area contributed by atoms with Crippen LogP contribution in [0.4, 0.5) is 4.39 Å². The Bertz CT molecular complexity index is 994. The topological polar surface area (TPSA) is 71.8 Å². The van der Waals surface area contributed by atoms with Gasteiger partial charge in [-0.2, -0.15) is 0 Å². The normalized spacial score (nSPS) is 15.5. The maximum absolute atomic E-state index is 14.2. The molecule has 0 fully saturated rings. The second kappa shape index (κ2) is 7.62. The number of aromatic nitrogens is 1. The Morgan fingerprint density at radius 3 is 2.61 bits per heavy atom. The average Bonchev–Trinajstić information content (AvgIpc) is 2.73. The molecule has 2 aromatic carbocycles. The molecule has 4 rings (SSSR count). The molecule has 1 unspecified atom stereocenters.